The number of aromatic nitrogens is 1. The van der Waals surface area contributed by atoms with Gasteiger partial charge in [0, 0.05) is 50.9 Å². The van der Waals surface area contributed by atoms with Crippen LogP contribution in [-0.2, 0) is 14.8 Å². The van der Waals surface area contributed by atoms with Gasteiger partial charge in [-0.05, 0) is 60.5 Å². The summed E-state index contributed by atoms with van der Waals surface area (Å²) in [5.41, 5.74) is 10.0. The van der Waals surface area contributed by atoms with Crippen LogP contribution in [0, 0.1) is 0 Å². The molecule has 2 aliphatic heterocycles. The first-order valence-electron chi connectivity index (χ1n) is 13.9. The van der Waals surface area contributed by atoms with Crippen LogP contribution in [0.3, 0.4) is 0 Å². The molecule has 10 heteroatoms. The maximum Gasteiger partial charge on any atom is 0.250 e. The molecule has 0 radical (unpaired) electrons. The predicted molar refractivity (Wildman–Crippen MR) is 154 cm³/mol. The Morgan fingerprint density at radius 2 is 1.77 bits per heavy atom. The normalized spacial score (nSPS) is 18.1. The van der Waals surface area contributed by atoms with Crippen LogP contribution in [-0.4, -0.2) is 93.3 Å². The van der Waals surface area contributed by atoms with Crippen molar-refractivity contribution < 1.29 is 17.9 Å². The van der Waals surface area contributed by atoms with Crippen molar-refractivity contribution in [2.75, 3.05) is 64.8 Å². The minimum atomic E-state index is -3.29. The van der Waals surface area contributed by atoms with E-state index in [-0.39, 0.29) is 11.7 Å². The van der Waals surface area contributed by atoms with Gasteiger partial charge in [-0.3, -0.25) is 9.69 Å². The van der Waals surface area contributed by atoms with Gasteiger partial charge in [-0.25, -0.2) is 12.7 Å². The standard InChI is InChI=1S/C29H39N5O4S/c30-29(35)26-20-24(22-5-2-1-3-6-22)19-25-27(21-32-28(25)26)23-7-11-34(12-8-23)39(36,37)18-4-9-31-10-13-33-14-16-38-17-15-33/h1-3,5-6,19-21,23,31-32H,4,7-18H2,(H2,30,35). The van der Waals surface area contributed by atoms with Crippen molar-refractivity contribution in [2.45, 2.75) is 25.2 Å². The molecule has 0 saturated carbocycles. The quantitative estimate of drug-likeness (QED) is 0.314. The molecule has 0 unspecified atom stereocenters. The Hall–Kier alpha value is -2.76. The van der Waals surface area contributed by atoms with Gasteiger partial charge in [0.1, 0.15) is 0 Å². The first-order chi connectivity index (χ1) is 18.9. The number of ether oxygens (including phenoxy) is 1. The van der Waals surface area contributed by atoms with Gasteiger partial charge in [0.15, 0.2) is 0 Å². The Kier molecular flexibility index (Phi) is 8.99. The average molecular weight is 554 g/mol. The summed E-state index contributed by atoms with van der Waals surface area (Å²) < 4.78 is 33.0. The minimum absolute atomic E-state index is 0.164. The molecule has 1 aromatic heterocycles. The second kappa shape index (κ2) is 12.6. The summed E-state index contributed by atoms with van der Waals surface area (Å²) in [7, 11) is -3.29. The fourth-order valence-corrected chi connectivity index (χ4v) is 7.26. The molecule has 9 nitrogen and oxygen atoms in total. The van der Waals surface area contributed by atoms with Crippen LogP contribution in [0.1, 0.15) is 41.1 Å². The molecule has 5 rings (SSSR count). The zero-order valence-electron chi connectivity index (χ0n) is 22.4. The molecule has 2 saturated heterocycles. The van der Waals surface area contributed by atoms with Crippen molar-refractivity contribution >= 4 is 26.8 Å². The molecule has 4 N–H and O–H groups in total. The van der Waals surface area contributed by atoms with E-state index in [1.807, 2.05) is 42.6 Å². The van der Waals surface area contributed by atoms with Crippen molar-refractivity contribution in [2.24, 2.45) is 5.73 Å². The van der Waals surface area contributed by atoms with Gasteiger partial charge in [0.2, 0.25) is 10.0 Å². The van der Waals surface area contributed by atoms with Gasteiger partial charge >= 0.3 is 0 Å². The highest BCUT2D eigenvalue weighted by atomic mass is 32.2. The zero-order valence-corrected chi connectivity index (χ0v) is 23.2. The Bertz CT molecular complexity index is 1360. The molecule has 0 bridgehead atoms. The lowest BCUT2D eigenvalue weighted by atomic mass is 9.88. The number of hydrogen-bond donors (Lipinski definition) is 3. The van der Waals surface area contributed by atoms with E-state index in [9.17, 15) is 13.2 Å². The second-order valence-electron chi connectivity index (χ2n) is 10.5. The molecular weight excluding hydrogens is 514 g/mol. The van der Waals surface area contributed by atoms with E-state index in [0.29, 0.717) is 31.6 Å². The number of nitrogens with two attached hydrogens (primary N) is 1. The number of aromatic amines is 1. The van der Waals surface area contributed by atoms with E-state index >= 15 is 0 Å². The smallest absolute Gasteiger partial charge is 0.250 e. The number of hydrogen-bond acceptors (Lipinski definition) is 6. The summed E-state index contributed by atoms with van der Waals surface area (Å²) in [5, 5.41) is 4.36. The number of H-pyrrole nitrogens is 1. The molecule has 39 heavy (non-hydrogen) atoms. The molecule has 0 atom stereocenters. The Morgan fingerprint density at radius 3 is 2.49 bits per heavy atom. The van der Waals surface area contributed by atoms with Gasteiger partial charge in [0.25, 0.3) is 5.91 Å². The lowest BCUT2D eigenvalue weighted by Gasteiger charge is -2.31. The maximum atomic E-state index is 13.0. The number of amides is 1. The van der Waals surface area contributed by atoms with E-state index in [2.05, 4.69) is 21.3 Å². The highest BCUT2D eigenvalue weighted by Crippen LogP contribution is 2.37. The summed E-state index contributed by atoms with van der Waals surface area (Å²) in [6.07, 6.45) is 4.05. The third kappa shape index (κ3) is 6.70. The van der Waals surface area contributed by atoms with Crippen LogP contribution in [0.25, 0.3) is 22.0 Å². The molecule has 3 aromatic rings. The van der Waals surface area contributed by atoms with E-state index in [0.717, 1.165) is 79.8 Å². The maximum absolute atomic E-state index is 13.0. The number of nitrogens with one attached hydrogen (secondary N) is 2. The van der Waals surface area contributed by atoms with Crippen LogP contribution < -0.4 is 11.1 Å². The topological polar surface area (TPSA) is 121 Å². The van der Waals surface area contributed by atoms with Gasteiger partial charge in [0.05, 0.1) is 30.0 Å². The van der Waals surface area contributed by atoms with Crippen LogP contribution in [0.15, 0.2) is 48.7 Å². The van der Waals surface area contributed by atoms with Gasteiger partial charge in [-0.2, -0.15) is 0 Å². The van der Waals surface area contributed by atoms with E-state index in [1.165, 1.54) is 0 Å². The monoisotopic (exact) mass is 553 g/mol. The summed E-state index contributed by atoms with van der Waals surface area (Å²) in [6, 6.07) is 13.9. The van der Waals surface area contributed by atoms with E-state index in [4.69, 9.17) is 10.5 Å². The zero-order chi connectivity index (χ0) is 27.2. The van der Waals surface area contributed by atoms with Crippen LogP contribution >= 0.6 is 0 Å². The number of sulfonamides is 1. The van der Waals surface area contributed by atoms with Crippen molar-refractivity contribution in [3.63, 3.8) is 0 Å². The third-order valence-corrected chi connectivity index (χ3v) is 9.90. The molecule has 1 amide bonds. The first kappa shape index (κ1) is 27.8. The number of piperidine rings is 1. The molecule has 2 fully saturated rings. The number of carbonyl (C=O) groups is 1. The molecule has 0 aliphatic carbocycles. The van der Waals surface area contributed by atoms with Crippen molar-refractivity contribution in [3.8, 4) is 11.1 Å². The van der Waals surface area contributed by atoms with E-state index in [1.54, 1.807) is 4.31 Å². The molecule has 2 aliphatic rings. The van der Waals surface area contributed by atoms with Crippen LogP contribution in [0.4, 0.5) is 0 Å². The number of nitrogens with zero attached hydrogens (tertiary/aromatic N) is 2. The fraction of sp³-hybridized carbons (Fsp3) is 0.483. The van der Waals surface area contributed by atoms with Crippen LogP contribution in [0.5, 0.6) is 0 Å². The highest BCUT2D eigenvalue weighted by Gasteiger charge is 2.30. The van der Waals surface area contributed by atoms with Crippen LogP contribution in [0.2, 0.25) is 0 Å². The Balaban J connectivity index is 1.17. The molecule has 210 valence electrons. The summed E-state index contributed by atoms with van der Waals surface area (Å²) >= 11 is 0. The van der Waals surface area contributed by atoms with Crippen molar-refractivity contribution in [1.82, 2.24) is 19.5 Å². The number of fused-ring (bicyclic) bond motifs is 1. The lowest BCUT2D eigenvalue weighted by Crippen LogP contribution is -2.41. The summed E-state index contributed by atoms with van der Waals surface area (Å²) in [4.78, 5) is 17.9. The molecule has 2 aromatic carbocycles. The third-order valence-electron chi connectivity index (χ3n) is 7.95. The number of benzene rings is 2. The van der Waals surface area contributed by atoms with Crippen molar-refractivity contribution in [1.29, 1.82) is 0 Å². The van der Waals surface area contributed by atoms with E-state index < -0.39 is 15.9 Å². The number of rotatable bonds is 11. The number of primary amides is 1. The Morgan fingerprint density at radius 1 is 1.03 bits per heavy atom. The SMILES string of the molecule is NC(=O)c1cc(-c2ccccc2)cc2c(C3CCN(S(=O)(=O)CCCNCCN4CCOCC4)CC3)c[nH]c12. The lowest BCUT2D eigenvalue weighted by molar-refractivity contribution is 0.0384. The highest BCUT2D eigenvalue weighted by molar-refractivity contribution is 7.89. The molecular formula is C29H39N5O4S. The fourth-order valence-electron chi connectivity index (χ4n) is 5.72. The van der Waals surface area contributed by atoms with Crippen molar-refractivity contribution in [3.05, 3.63) is 59.8 Å². The predicted octanol–water partition coefficient (Wildman–Crippen LogP) is 2.75. The number of carbonyl (C=O) groups excluding carboxylic acids is 1. The first-order valence-corrected chi connectivity index (χ1v) is 15.5. The van der Waals surface area contributed by atoms with Gasteiger partial charge in [-0.15, -0.1) is 0 Å². The number of morpholine rings is 1. The van der Waals surface area contributed by atoms with Gasteiger partial charge in [-0.1, -0.05) is 30.3 Å². The second-order valence-corrected chi connectivity index (χ2v) is 12.6. The minimum Gasteiger partial charge on any atom is -0.379 e. The largest absolute Gasteiger partial charge is 0.379 e. The molecule has 3 heterocycles. The summed E-state index contributed by atoms with van der Waals surface area (Å²) in [6.45, 7) is 7.04. The van der Waals surface area contributed by atoms with Gasteiger partial charge < -0.3 is 20.8 Å². The average Bonchev–Trinajstić information content (AvgIpc) is 3.39. The summed E-state index contributed by atoms with van der Waals surface area (Å²) in [5.74, 6) is -0.0981. The molecule has 0 spiro atoms. The Labute approximate surface area is 230 Å².